The van der Waals surface area contributed by atoms with E-state index in [1.807, 2.05) is 25.1 Å². The first kappa shape index (κ1) is 14.3. The molecule has 3 aromatic rings. The second-order valence-electron chi connectivity index (χ2n) is 5.30. The number of benzene rings is 2. The number of fused-ring (bicyclic) bond motifs is 1. The third-order valence-corrected chi connectivity index (χ3v) is 3.72. The molecule has 2 aromatic carbocycles. The highest BCUT2D eigenvalue weighted by atomic mass is 19.1. The van der Waals surface area contributed by atoms with Gasteiger partial charge in [-0.1, -0.05) is 29.8 Å². The number of nitrogens with zero attached hydrogens (tertiary/aromatic N) is 1. The lowest BCUT2D eigenvalue weighted by molar-refractivity contribution is 0.414. The predicted molar refractivity (Wildman–Crippen MR) is 85.0 cm³/mol. The number of halogens is 1. The molecule has 0 radical (unpaired) electrons. The van der Waals surface area contributed by atoms with E-state index in [-0.39, 0.29) is 12.1 Å². The summed E-state index contributed by atoms with van der Waals surface area (Å²) >= 11 is 0. The Bertz CT molecular complexity index is 882. The second-order valence-corrected chi connectivity index (χ2v) is 5.30. The highest BCUT2D eigenvalue weighted by Crippen LogP contribution is 2.16. The first-order valence-corrected chi connectivity index (χ1v) is 7.01. The molecule has 0 amide bonds. The molecule has 0 fully saturated rings. The van der Waals surface area contributed by atoms with Crippen LogP contribution in [0.25, 0.3) is 10.8 Å². The molecule has 3 rings (SSSR count). The lowest BCUT2D eigenvalue weighted by atomic mass is 10.1. The molecule has 0 atom stereocenters. The van der Waals surface area contributed by atoms with E-state index in [9.17, 15) is 9.18 Å². The van der Waals surface area contributed by atoms with Gasteiger partial charge in [0.1, 0.15) is 5.75 Å². The molecule has 0 spiro atoms. The molecule has 0 saturated carbocycles. The van der Waals surface area contributed by atoms with Crippen LogP contribution >= 0.6 is 0 Å². The van der Waals surface area contributed by atoms with Crippen LogP contribution in [0.1, 0.15) is 11.1 Å². The van der Waals surface area contributed by atoms with Crippen LogP contribution in [0.4, 0.5) is 4.39 Å². The van der Waals surface area contributed by atoms with Gasteiger partial charge in [0.05, 0.1) is 13.7 Å². The van der Waals surface area contributed by atoms with Crippen molar-refractivity contribution in [3.63, 3.8) is 0 Å². The first-order valence-electron chi connectivity index (χ1n) is 7.01. The number of aromatic nitrogens is 1. The predicted octanol–water partition coefficient (Wildman–Crippen LogP) is 3.51. The molecule has 0 aliphatic carbocycles. The summed E-state index contributed by atoms with van der Waals surface area (Å²) in [5, 5.41) is 1.16. The SMILES string of the molecule is COc1ccc(Cn2c(F)cc3ccc(C)cc3c2=O)cc1. The molecular formula is C18H16FNO2. The van der Waals surface area contributed by atoms with Gasteiger partial charge in [-0.25, -0.2) is 0 Å². The lowest BCUT2D eigenvalue weighted by Gasteiger charge is -2.10. The number of hydrogen-bond donors (Lipinski definition) is 0. The molecule has 0 bridgehead atoms. The highest BCUT2D eigenvalue weighted by molar-refractivity contribution is 5.82. The van der Waals surface area contributed by atoms with Crippen LogP contribution in [-0.2, 0) is 6.54 Å². The van der Waals surface area contributed by atoms with Crippen LogP contribution in [0.5, 0.6) is 5.75 Å². The van der Waals surface area contributed by atoms with Crippen LogP contribution in [-0.4, -0.2) is 11.7 Å². The molecule has 1 aromatic heterocycles. The molecule has 4 heteroatoms. The normalized spacial score (nSPS) is 10.9. The average molecular weight is 297 g/mol. The van der Waals surface area contributed by atoms with Crippen LogP contribution in [0.2, 0.25) is 0 Å². The number of aryl methyl sites for hydroxylation is 1. The summed E-state index contributed by atoms with van der Waals surface area (Å²) in [6, 6.07) is 14.1. The van der Waals surface area contributed by atoms with Gasteiger partial charge >= 0.3 is 0 Å². The number of methoxy groups -OCH3 is 1. The summed E-state index contributed by atoms with van der Waals surface area (Å²) in [6.07, 6.45) is 0. The van der Waals surface area contributed by atoms with E-state index in [0.717, 1.165) is 21.4 Å². The Morgan fingerprint density at radius 3 is 2.50 bits per heavy atom. The van der Waals surface area contributed by atoms with Crippen LogP contribution in [0.3, 0.4) is 0 Å². The lowest BCUT2D eigenvalue weighted by Crippen LogP contribution is -2.23. The minimum Gasteiger partial charge on any atom is -0.497 e. The van der Waals surface area contributed by atoms with Crippen molar-refractivity contribution < 1.29 is 9.13 Å². The van der Waals surface area contributed by atoms with Gasteiger partial charge < -0.3 is 4.74 Å². The van der Waals surface area contributed by atoms with Gasteiger partial charge in [0.15, 0.2) is 5.95 Å². The summed E-state index contributed by atoms with van der Waals surface area (Å²) in [5.74, 6) is 0.197. The Morgan fingerprint density at radius 1 is 1.09 bits per heavy atom. The number of pyridine rings is 1. The standard InChI is InChI=1S/C18H16FNO2/c1-12-3-6-14-10-17(19)20(18(21)16(14)9-12)11-13-4-7-15(22-2)8-5-13/h3-10H,11H2,1-2H3. The van der Waals surface area contributed by atoms with Gasteiger partial charge in [0.2, 0.25) is 0 Å². The second kappa shape index (κ2) is 5.64. The molecular weight excluding hydrogens is 281 g/mol. The number of rotatable bonds is 3. The van der Waals surface area contributed by atoms with E-state index in [4.69, 9.17) is 4.74 Å². The van der Waals surface area contributed by atoms with Gasteiger partial charge in [-0.15, -0.1) is 0 Å². The van der Waals surface area contributed by atoms with E-state index >= 15 is 0 Å². The number of ether oxygens (including phenoxy) is 1. The van der Waals surface area contributed by atoms with Crippen molar-refractivity contribution >= 4 is 10.8 Å². The maximum absolute atomic E-state index is 14.3. The van der Waals surface area contributed by atoms with Crippen molar-refractivity contribution in [2.45, 2.75) is 13.5 Å². The van der Waals surface area contributed by atoms with E-state index in [1.54, 1.807) is 31.4 Å². The quantitative estimate of drug-likeness (QED) is 0.693. The van der Waals surface area contributed by atoms with Crippen LogP contribution in [0, 0.1) is 12.9 Å². The fraction of sp³-hybridized carbons (Fsp3) is 0.167. The van der Waals surface area contributed by atoms with E-state index in [2.05, 4.69) is 0 Å². The highest BCUT2D eigenvalue weighted by Gasteiger charge is 2.10. The van der Waals surface area contributed by atoms with Crippen molar-refractivity contribution in [2.24, 2.45) is 0 Å². The van der Waals surface area contributed by atoms with Crippen LogP contribution in [0.15, 0.2) is 53.3 Å². The first-order chi connectivity index (χ1) is 10.6. The van der Waals surface area contributed by atoms with Crippen molar-refractivity contribution in [3.8, 4) is 5.75 Å². The summed E-state index contributed by atoms with van der Waals surface area (Å²) in [6.45, 7) is 2.11. The molecule has 22 heavy (non-hydrogen) atoms. The Hall–Kier alpha value is -2.62. The molecule has 3 nitrogen and oxygen atoms in total. The van der Waals surface area contributed by atoms with Gasteiger partial charge in [-0.05, 0) is 42.1 Å². The Kier molecular flexibility index (Phi) is 3.67. The Morgan fingerprint density at radius 2 is 1.82 bits per heavy atom. The van der Waals surface area contributed by atoms with Crippen molar-refractivity contribution in [1.29, 1.82) is 0 Å². The number of hydrogen-bond acceptors (Lipinski definition) is 2. The fourth-order valence-electron chi connectivity index (χ4n) is 2.49. The Labute approximate surface area is 127 Å². The van der Waals surface area contributed by atoms with E-state index < -0.39 is 5.95 Å². The van der Waals surface area contributed by atoms with E-state index in [1.165, 1.54) is 6.07 Å². The van der Waals surface area contributed by atoms with Gasteiger partial charge in [-0.2, -0.15) is 4.39 Å². The minimum atomic E-state index is -0.530. The zero-order chi connectivity index (χ0) is 15.7. The van der Waals surface area contributed by atoms with Crippen molar-refractivity contribution in [3.05, 3.63) is 76.0 Å². The molecule has 112 valence electrons. The third-order valence-electron chi connectivity index (χ3n) is 3.72. The average Bonchev–Trinajstić information content (AvgIpc) is 2.53. The van der Waals surface area contributed by atoms with Crippen molar-refractivity contribution in [2.75, 3.05) is 7.11 Å². The molecule has 0 aliphatic rings. The summed E-state index contributed by atoms with van der Waals surface area (Å²) < 4.78 is 20.5. The summed E-state index contributed by atoms with van der Waals surface area (Å²) in [5.41, 5.74) is 1.51. The maximum atomic E-state index is 14.3. The monoisotopic (exact) mass is 297 g/mol. The molecule has 1 heterocycles. The van der Waals surface area contributed by atoms with Gasteiger partial charge in [0.25, 0.3) is 5.56 Å². The molecule has 0 unspecified atom stereocenters. The maximum Gasteiger partial charge on any atom is 0.260 e. The molecule has 0 aliphatic heterocycles. The van der Waals surface area contributed by atoms with E-state index in [0.29, 0.717) is 10.8 Å². The Balaban J connectivity index is 2.07. The summed E-state index contributed by atoms with van der Waals surface area (Å²) in [4.78, 5) is 12.5. The zero-order valence-electron chi connectivity index (χ0n) is 12.5. The van der Waals surface area contributed by atoms with Gasteiger partial charge in [0, 0.05) is 5.39 Å². The largest absolute Gasteiger partial charge is 0.497 e. The molecule has 0 N–H and O–H groups in total. The smallest absolute Gasteiger partial charge is 0.260 e. The molecule has 0 saturated heterocycles. The van der Waals surface area contributed by atoms with Crippen LogP contribution < -0.4 is 10.3 Å². The third kappa shape index (κ3) is 2.60. The van der Waals surface area contributed by atoms with Gasteiger partial charge in [-0.3, -0.25) is 9.36 Å². The van der Waals surface area contributed by atoms with Crippen molar-refractivity contribution in [1.82, 2.24) is 4.57 Å². The topological polar surface area (TPSA) is 31.2 Å². The zero-order valence-corrected chi connectivity index (χ0v) is 12.5. The summed E-state index contributed by atoms with van der Waals surface area (Å²) in [7, 11) is 1.59. The fourth-order valence-corrected chi connectivity index (χ4v) is 2.49. The minimum absolute atomic E-state index is 0.193.